The van der Waals surface area contributed by atoms with Gasteiger partial charge in [0.15, 0.2) is 6.61 Å². The van der Waals surface area contributed by atoms with E-state index in [9.17, 15) is 9.90 Å². The van der Waals surface area contributed by atoms with Crippen LogP contribution in [-0.4, -0.2) is 22.8 Å². The van der Waals surface area contributed by atoms with E-state index in [2.05, 4.69) is 13.8 Å². The van der Waals surface area contributed by atoms with E-state index in [1.54, 1.807) is 12.1 Å². The molecule has 2 rings (SSSR count). The van der Waals surface area contributed by atoms with E-state index in [0.29, 0.717) is 11.5 Å². The molecule has 2 aromatic carbocycles. The third kappa shape index (κ3) is 7.18. The molecule has 0 saturated heterocycles. The van der Waals surface area contributed by atoms with Gasteiger partial charge in [-0.15, -0.1) is 0 Å². The van der Waals surface area contributed by atoms with E-state index in [-0.39, 0.29) is 6.61 Å². The summed E-state index contributed by atoms with van der Waals surface area (Å²) in [6, 6.07) is 15.0. The van der Waals surface area contributed by atoms with E-state index in [1.807, 2.05) is 36.4 Å². The Labute approximate surface area is 143 Å². The van der Waals surface area contributed by atoms with Gasteiger partial charge in [0.05, 0.1) is 0 Å². The Balaban J connectivity index is 0.000000254. The van der Waals surface area contributed by atoms with Crippen molar-refractivity contribution in [2.75, 3.05) is 6.61 Å². The summed E-state index contributed by atoms with van der Waals surface area (Å²) in [5.74, 6) is 0.150. The Morgan fingerprint density at radius 3 is 2.04 bits per heavy atom. The van der Waals surface area contributed by atoms with Crippen LogP contribution in [0.15, 0.2) is 48.5 Å². The molecule has 0 unspecified atom stereocenters. The van der Waals surface area contributed by atoms with Crippen LogP contribution in [0.25, 0.3) is 0 Å². The molecule has 2 N–H and O–H groups in total. The number of hydrogen-bond acceptors (Lipinski definition) is 3. The Morgan fingerprint density at radius 1 is 0.917 bits per heavy atom. The van der Waals surface area contributed by atoms with Crippen LogP contribution in [0.1, 0.15) is 37.8 Å². The first-order valence-electron chi connectivity index (χ1n) is 8.27. The van der Waals surface area contributed by atoms with Crippen LogP contribution in [-0.2, 0) is 17.6 Å². The second kappa shape index (κ2) is 11.1. The van der Waals surface area contributed by atoms with Crippen LogP contribution in [0.3, 0.4) is 0 Å². The third-order valence-electron chi connectivity index (χ3n) is 3.35. The number of hydrogen-bond donors (Lipinski definition) is 2. The van der Waals surface area contributed by atoms with Crippen LogP contribution in [0.2, 0.25) is 0 Å². The smallest absolute Gasteiger partial charge is 0.341 e. The summed E-state index contributed by atoms with van der Waals surface area (Å²) in [5, 5.41) is 17.7. The van der Waals surface area contributed by atoms with Gasteiger partial charge in [0.1, 0.15) is 11.5 Å². The number of aromatic hydroxyl groups is 1. The van der Waals surface area contributed by atoms with E-state index >= 15 is 0 Å². The summed E-state index contributed by atoms with van der Waals surface area (Å²) >= 11 is 0. The number of carbonyl (C=O) groups is 1. The number of carboxylic acid groups (broad SMARTS) is 1. The van der Waals surface area contributed by atoms with Crippen molar-refractivity contribution in [1.29, 1.82) is 0 Å². The van der Waals surface area contributed by atoms with Gasteiger partial charge in [-0.25, -0.2) is 4.79 Å². The first-order valence-corrected chi connectivity index (χ1v) is 8.27. The van der Waals surface area contributed by atoms with E-state index < -0.39 is 5.97 Å². The fourth-order valence-corrected chi connectivity index (χ4v) is 2.25. The molecule has 4 heteroatoms. The Bertz CT molecular complexity index is 623. The molecule has 0 aromatic heterocycles. The van der Waals surface area contributed by atoms with Gasteiger partial charge >= 0.3 is 5.97 Å². The van der Waals surface area contributed by atoms with Crippen LogP contribution in [0.5, 0.6) is 11.5 Å². The number of rotatable bonds is 7. The number of aryl methyl sites for hydroxylation is 2. The molecule has 0 aliphatic rings. The molecule has 0 amide bonds. The molecule has 0 bridgehead atoms. The molecule has 24 heavy (non-hydrogen) atoms. The number of phenolic OH excluding ortho intramolecular Hbond substituents is 1. The van der Waals surface area contributed by atoms with Crippen molar-refractivity contribution in [3.05, 3.63) is 59.7 Å². The zero-order valence-electron chi connectivity index (χ0n) is 14.4. The van der Waals surface area contributed by atoms with Crippen molar-refractivity contribution in [3.8, 4) is 11.5 Å². The zero-order valence-corrected chi connectivity index (χ0v) is 14.4. The topological polar surface area (TPSA) is 66.8 Å². The quantitative estimate of drug-likeness (QED) is 0.787. The number of carboxylic acids is 1. The highest BCUT2D eigenvalue weighted by Crippen LogP contribution is 2.19. The highest BCUT2D eigenvalue weighted by molar-refractivity contribution is 5.68. The average Bonchev–Trinajstić information content (AvgIpc) is 2.57. The lowest BCUT2D eigenvalue weighted by Gasteiger charge is -2.08. The Kier molecular flexibility index (Phi) is 9.05. The standard InChI is InChI=1S/C11H14O3.C9H12O/c1-2-5-9-6-3-4-7-10(9)14-8-11(12)13;1-2-5-8-6-3-4-7-9(8)10/h3-4,6-7H,2,5,8H2,1H3,(H,12,13);3-4,6-7,10H,2,5H2,1H3. The minimum atomic E-state index is -0.948. The minimum absolute atomic E-state index is 0.277. The maximum Gasteiger partial charge on any atom is 0.341 e. The summed E-state index contributed by atoms with van der Waals surface area (Å²) in [6.45, 7) is 3.90. The highest BCUT2D eigenvalue weighted by Gasteiger charge is 2.03. The van der Waals surface area contributed by atoms with Crippen LogP contribution in [0, 0.1) is 0 Å². The maximum absolute atomic E-state index is 10.3. The van der Waals surface area contributed by atoms with Crippen molar-refractivity contribution in [2.45, 2.75) is 39.5 Å². The summed E-state index contributed by atoms with van der Waals surface area (Å²) in [6.07, 6.45) is 3.98. The average molecular weight is 330 g/mol. The molecule has 0 spiro atoms. The summed E-state index contributed by atoms with van der Waals surface area (Å²) in [4.78, 5) is 10.3. The minimum Gasteiger partial charge on any atom is -0.508 e. The largest absolute Gasteiger partial charge is 0.508 e. The molecule has 2 aromatic rings. The van der Waals surface area contributed by atoms with Crippen LogP contribution >= 0.6 is 0 Å². The van der Waals surface area contributed by atoms with E-state index in [0.717, 1.165) is 36.8 Å². The third-order valence-corrected chi connectivity index (χ3v) is 3.35. The lowest BCUT2D eigenvalue weighted by atomic mass is 10.1. The molecule has 0 radical (unpaired) electrons. The lowest BCUT2D eigenvalue weighted by Crippen LogP contribution is -2.10. The monoisotopic (exact) mass is 330 g/mol. The van der Waals surface area contributed by atoms with Gasteiger partial charge in [-0.1, -0.05) is 63.1 Å². The first kappa shape index (κ1) is 19.6. The second-order valence-corrected chi connectivity index (χ2v) is 5.42. The SMILES string of the molecule is CCCc1ccccc1O.CCCc1ccccc1OCC(=O)O. The van der Waals surface area contributed by atoms with Crippen molar-refractivity contribution in [3.63, 3.8) is 0 Å². The Morgan fingerprint density at radius 2 is 1.46 bits per heavy atom. The number of phenols is 1. The molecule has 130 valence electrons. The second-order valence-electron chi connectivity index (χ2n) is 5.42. The summed E-state index contributed by atoms with van der Waals surface area (Å²) in [5.41, 5.74) is 2.11. The van der Waals surface area contributed by atoms with Crippen LogP contribution in [0.4, 0.5) is 0 Å². The molecule has 4 nitrogen and oxygen atoms in total. The first-order chi connectivity index (χ1) is 11.6. The predicted octanol–water partition coefficient (Wildman–Crippen LogP) is 4.45. The van der Waals surface area contributed by atoms with Crippen molar-refractivity contribution >= 4 is 5.97 Å². The van der Waals surface area contributed by atoms with E-state index in [1.165, 1.54) is 0 Å². The Hall–Kier alpha value is -2.49. The normalized spacial score (nSPS) is 9.75. The molecular weight excluding hydrogens is 304 g/mol. The van der Waals surface area contributed by atoms with E-state index in [4.69, 9.17) is 9.84 Å². The number of para-hydroxylation sites is 2. The maximum atomic E-state index is 10.3. The fourth-order valence-electron chi connectivity index (χ4n) is 2.25. The summed E-state index contributed by atoms with van der Waals surface area (Å²) in [7, 11) is 0. The van der Waals surface area contributed by atoms with Crippen LogP contribution < -0.4 is 4.74 Å². The van der Waals surface area contributed by atoms with Gasteiger partial charge < -0.3 is 14.9 Å². The van der Waals surface area contributed by atoms with Gasteiger partial charge in [-0.2, -0.15) is 0 Å². The molecule has 0 heterocycles. The van der Waals surface area contributed by atoms with Gasteiger partial charge in [-0.05, 0) is 36.1 Å². The predicted molar refractivity (Wildman–Crippen MR) is 95.7 cm³/mol. The summed E-state index contributed by atoms with van der Waals surface area (Å²) < 4.78 is 5.15. The van der Waals surface area contributed by atoms with Gasteiger partial charge in [0.2, 0.25) is 0 Å². The molecular formula is C20H26O4. The molecule has 0 saturated carbocycles. The zero-order chi connectivity index (χ0) is 17.8. The van der Waals surface area contributed by atoms with Crippen molar-refractivity contribution in [2.24, 2.45) is 0 Å². The van der Waals surface area contributed by atoms with Gasteiger partial charge in [0, 0.05) is 0 Å². The van der Waals surface area contributed by atoms with Crippen molar-refractivity contribution < 1.29 is 19.7 Å². The lowest BCUT2D eigenvalue weighted by molar-refractivity contribution is -0.139. The molecule has 0 atom stereocenters. The molecule has 0 fully saturated rings. The number of aliphatic carboxylic acids is 1. The fraction of sp³-hybridized carbons (Fsp3) is 0.350. The van der Waals surface area contributed by atoms with Gasteiger partial charge in [-0.3, -0.25) is 0 Å². The number of ether oxygens (including phenoxy) is 1. The molecule has 0 aliphatic heterocycles. The molecule has 0 aliphatic carbocycles. The van der Waals surface area contributed by atoms with Gasteiger partial charge in [0.25, 0.3) is 0 Å². The highest BCUT2D eigenvalue weighted by atomic mass is 16.5. The van der Waals surface area contributed by atoms with Crippen molar-refractivity contribution in [1.82, 2.24) is 0 Å². The number of benzene rings is 2.